The van der Waals surface area contributed by atoms with Crippen LogP contribution in [-0.4, -0.2) is 74.9 Å². The fourth-order valence-electron chi connectivity index (χ4n) is 3.62. The average Bonchev–Trinajstić information content (AvgIpc) is 2.59. The van der Waals surface area contributed by atoms with Crippen molar-refractivity contribution in [3.05, 3.63) is 29.8 Å². The Morgan fingerprint density at radius 1 is 1.36 bits per heavy atom. The third-order valence-corrected chi connectivity index (χ3v) is 5.00. The molecule has 2 fully saturated rings. The molecule has 6 nitrogen and oxygen atoms in total. The third-order valence-electron chi connectivity index (χ3n) is 5.00. The van der Waals surface area contributed by atoms with E-state index < -0.39 is 0 Å². The zero-order chi connectivity index (χ0) is 17.9. The number of para-hydroxylation sites is 1. The summed E-state index contributed by atoms with van der Waals surface area (Å²) in [4.78, 5) is 15.6. The van der Waals surface area contributed by atoms with Gasteiger partial charge in [0.2, 0.25) is 5.91 Å². The van der Waals surface area contributed by atoms with Crippen LogP contribution in [0, 0.1) is 0 Å². The zero-order valence-electron chi connectivity index (χ0n) is 15.4. The van der Waals surface area contributed by atoms with E-state index in [9.17, 15) is 4.79 Å². The monoisotopic (exact) mass is 348 g/mol. The quantitative estimate of drug-likeness (QED) is 0.780. The maximum absolute atomic E-state index is 11.7. The van der Waals surface area contributed by atoms with Gasteiger partial charge in [-0.05, 0) is 12.5 Å². The normalized spacial score (nSPS) is 22.4. The van der Waals surface area contributed by atoms with Gasteiger partial charge in [-0.25, -0.2) is 0 Å². The minimum atomic E-state index is -0.119. The predicted molar refractivity (Wildman–Crippen MR) is 94.6 cm³/mol. The van der Waals surface area contributed by atoms with E-state index in [2.05, 4.69) is 11.0 Å². The van der Waals surface area contributed by atoms with Gasteiger partial charge >= 0.3 is 0 Å². The fraction of sp³-hybridized carbons (Fsp3) is 0.632. The summed E-state index contributed by atoms with van der Waals surface area (Å²) in [5.74, 6) is 0.934. The molecular weight excluding hydrogens is 320 g/mol. The molecule has 0 saturated carbocycles. The molecule has 1 unspecified atom stereocenters. The van der Waals surface area contributed by atoms with Crippen molar-refractivity contribution in [3.8, 4) is 5.75 Å². The molecular formula is C19H28N2O4. The van der Waals surface area contributed by atoms with Crippen LogP contribution in [0.15, 0.2) is 24.3 Å². The van der Waals surface area contributed by atoms with Crippen LogP contribution in [0.5, 0.6) is 5.75 Å². The number of hydrogen-bond donors (Lipinski definition) is 0. The molecule has 2 saturated heterocycles. The summed E-state index contributed by atoms with van der Waals surface area (Å²) >= 11 is 0. The van der Waals surface area contributed by atoms with Crippen molar-refractivity contribution in [2.24, 2.45) is 0 Å². The van der Waals surface area contributed by atoms with Crippen molar-refractivity contribution < 1.29 is 19.0 Å². The number of benzene rings is 1. The standard InChI is InChI=1S/C19H28N2O4/c1-20(2)18(22)12-24-16-8-9-25-19(10-16)13-21(14-19)11-15-6-4-5-7-17(15)23-3/h4-7,16H,8-14H2,1-3H3. The molecule has 2 aliphatic heterocycles. The number of nitrogens with zero attached hydrogens (tertiary/aromatic N) is 2. The zero-order valence-corrected chi connectivity index (χ0v) is 15.4. The van der Waals surface area contributed by atoms with Gasteiger partial charge in [-0.2, -0.15) is 0 Å². The maximum atomic E-state index is 11.7. The molecule has 1 atom stereocenters. The van der Waals surface area contributed by atoms with Crippen LogP contribution in [0.1, 0.15) is 18.4 Å². The largest absolute Gasteiger partial charge is 0.496 e. The lowest BCUT2D eigenvalue weighted by atomic mass is 9.84. The number of hydrogen-bond acceptors (Lipinski definition) is 5. The van der Waals surface area contributed by atoms with Gasteiger partial charge in [0.25, 0.3) is 0 Å². The number of likely N-dealkylation sites (tertiary alicyclic amines) is 1. The Balaban J connectivity index is 1.49. The van der Waals surface area contributed by atoms with E-state index in [0.29, 0.717) is 6.61 Å². The van der Waals surface area contributed by atoms with Crippen molar-refractivity contribution in [3.63, 3.8) is 0 Å². The Morgan fingerprint density at radius 2 is 2.12 bits per heavy atom. The topological polar surface area (TPSA) is 51.2 Å². The highest BCUT2D eigenvalue weighted by molar-refractivity contribution is 5.76. The number of carbonyl (C=O) groups excluding carboxylic acids is 1. The molecule has 0 N–H and O–H groups in total. The highest BCUT2D eigenvalue weighted by atomic mass is 16.5. The van der Waals surface area contributed by atoms with Crippen LogP contribution >= 0.6 is 0 Å². The number of carbonyl (C=O) groups is 1. The molecule has 25 heavy (non-hydrogen) atoms. The lowest BCUT2D eigenvalue weighted by molar-refractivity contribution is -0.200. The molecule has 0 radical (unpaired) electrons. The third kappa shape index (κ3) is 4.32. The first kappa shape index (κ1) is 18.2. The molecule has 138 valence electrons. The van der Waals surface area contributed by atoms with Crippen LogP contribution < -0.4 is 4.74 Å². The fourth-order valence-corrected chi connectivity index (χ4v) is 3.62. The highest BCUT2D eigenvalue weighted by Crippen LogP contribution is 2.36. The molecule has 2 aliphatic rings. The second kappa shape index (κ2) is 7.72. The summed E-state index contributed by atoms with van der Waals surface area (Å²) in [7, 11) is 5.20. The van der Waals surface area contributed by atoms with E-state index >= 15 is 0 Å². The van der Waals surface area contributed by atoms with Crippen molar-refractivity contribution in [2.45, 2.75) is 31.1 Å². The van der Waals surface area contributed by atoms with Gasteiger partial charge in [-0.3, -0.25) is 9.69 Å². The Bertz CT molecular complexity index is 599. The Labute approximate surface area is 149 Å². The van der Waals surface area contributed by atoms with E-state index in [1.807, 2.05) is 18.2 Å². The van der Waals surface area contributed by atoms with E-state index in [4.69, 9.17) is 14.2 Å². The van der Waals surface area contributed by atoms with Gasteiger partial charge in [-0.1, -0.05) is 18.2 Å². The van der Waals surface area contributed by atoms with Crippen LogP contribution in [0.2, 0.25) is 0 Å². The first-order chi connectivity index (χ1) is 12.0. The van der Waals surface area contributed by atoms with Crippen molar-refractivity contribution in [2.75, 3.05) is 47.5 Å². The summed E-state index contributed by atoms with van der Waals surface area (Å²) in [5.41, 5.74) is 1.08. The molecule has 0 aromatic heterocycles. The number of ether oxygens (including phenoxy) is 3. The van der Waals surface area contributed by atoms with E-state index in [1.54, 1.807) is 26.1 Å². The van der Waals surface area contributed by atoms with Gasteiger partial charge in [0.1, 0.15) is 12.4 Å². The average molecular weight is 348 g/mol. The lowest BCUT2D eigenvalue weighted by Gasteiger charge is -2.53. The second-order valence-electron chi connectivity index (χ2n) is 7.20. The van der Waals surface area contributed by atoms with E-state index in [-0.39, 0.29) is 24.2 Å². The molecule has 1 spiro atoms. The highest BCUT2D eigenvalue weighted by Gasteiger charge is 2.47. The summed E-state index contributed by atoms with van der Waals surface area (Å²) in [5, 5.41) is 0. The van der Waals surface area contributed by atoms with Gasteiger partial charge in [0.15, 0.2) is 0 Å². The van der Waals surface area contributed by atoms with Gasteiger partial charge in [0.05, 0.1) is 18.8 Å². The Hall–Kier alpha value is -1.63. The lowest BCUT2D eigenvalue weighted by Crippen LogP contribution is -2.65. The molecule has 2 heterocycles. The minimum Gasteiger partial charge on any atom is -0.496 e. The van der Waals surface area contributed by atoms with Gasteiger partial charge in [0, 0.05) is 52.3 Å². The molecule has 0 aliphatic carbocycles. The molecule has 1 amide bonds. The SMILES string of the molecule is COc1ccccc1CN1CC2(CC(OCC(=O)N(C)C)CCO2)C1. The van der Waals surface area contributed by atoms with Gasteiger partial charge in [-0.15, -0.1) is 0 Å². The number of methoxy groups -OCH3 is 1. The Kier molecular flexibility index (Phi) is 5.61. The molecule has 1 aromatic carbocycles. The summed E-state index contributed by atoms with van der Waals surface area (Å²) in [6, 6.07) is 8.12. The smallest absolute Gasteiger partial charge is 0.248 e. The van der Waals surface area contributed by atoms with E-state index in [0.717, 1.165) is 38.2 Å². The summed E-state index contributed by atoms with van der Waals surface area (Å²) in [6.07, 6.45) is 1.82. The molecule has 6 heteroatoms. The maximum Gasteiger partial charge on any atom is 0.248 e. The van der Waals surface area contributed by atoms with Crippen molar-refractivity contribution in [1.82, 2.24) is 9.80 Å². The predicted octanol–water partition coefficient (Wildman–Crippen LogP) is 1.53. The van der Waals surface area contributed by atoms with E-state index in [1.165, 1.54) is 5.56 Å². The minimum absolute atomic E-state index is 0.00644. The molecule has 0 bridgehead atoms. The summed E-state index contributed by atoms with van der Waals surface area (Å²) < 4.78 is 17.3. The summed E-state index contributed by atoms with van der Waals surface area (Å²) in [6.45, 7) is 3.50. The number of likely N-dealkylation sites (N-methyl/N-ethyl adjacent to an activating group) is 1. The first-order valence-corrected chi connectivity index (χ1v) is 8.81. The molecule has 1 aromatic rings. The van der Waals surface area contributed by atoms with Crippen LogP contribution in [0.4, 0.5) is 0 Å². The number of rotatable bonds is 6. The van der Waals surface area contributed by atoms with Crippen LogP contribution in [-0.2, 0) is 20.8 Å². The van der Waals surface area contributed by atoms with Crippen molar-refractivity contribution in [1.29, 1.82) is 0 Å². The second-order valence-corrected chi connectivity index (χ2v) is 7.20. The van der Waals surface area contributed by atoms with Crippen LogP contribution in [0.3, 0.4) is 0 Å². The van der Waals surface area contributed by atoms with Gasteiger partial charge < -0.3 is 19.1 Å². The molecule has 3 rings (SSSR count). The van der Waals surface area contributed by atoms with Crippen LogP contribution in [0.25, 0.3) is 0 Å². The Morgan fingerprint density at radius 3 is 2.84 bits per heavy atom. The first-order valence-electron chi connectivity index (χ1n) is 8.81. The number of amides is 1. The van der Waals surface area contributed by atoms with Crippen molar-refractivity contribution >= 4 is 5.91 Å².